The maximum absolute atomic E-state index is 13.3. The number of thiazole rings is 1. The summed E-state index contributed by atoms with van der Waals surface area (Å²) < 4.78 is 1.85. The largest absolute Gasteiger partial charge is 0.304 e. The lowest BCUT2D eigenvalue weighted by Crippen LogP contribution is -2.48. The number of hydrogen-bond donors (Lipinski definition) is 0. The molecule has 1 aromatic carbocycles. The lowest BCUT2D eigenvalue weighted by molar-refractivity contribution is 0.0812. The van der Waals surface area contributed by atoms with Crippen molar-refractivity contribution in [3.8, 4) is 0 Å². The summed E-state index contributed by atoms with van der Waals surface area (Å²) in [5, 5.41) is 0. The highest BCUT2D eigenvalue weighted by atomic mass is 32.1. The van der Waals surface area contributed by atoms with Gasteiger partial charge in [-0.05, 0) is 18.5 Å². The van der Waals surface area contributed by atoms with E-state index in [2.05, 4.69) is 47.8 Å². The molecule has 2 aromatic heterocycles. The van der Waals surface area contributed by atoms with Crippen LogP contribution in [0.5, 0.6) is 0 Å². The third-order valence-corrected chi connectivity index (χ3v) is 6.22. The van der Waals surface area contributed by atoms with E-state index >= 15 is 0 Å². The first-order valence-corrected chi connectivity index (χ1v) is 10.7. The topological polar surface area (TPSA) is 54.3 Å². The van der Waals surface area contributed by atoms with E-state index in [1.165, 1.54) is 11.3 Å². The lowest BCUT2D eigenvalue weighted by Gasteiger charge is -2.40. The smallest absolute Gasteiger partial charge is 0.281 e. The van der Waals surface area contributed by atoms with Crippen LogP contribution in [0.1, 0.15) is 31.3 Å². The summed E-state index contributed by atoms with van der Waals surface area (Å²) in [7, 11) is 2.16. The summed E-state index contributed by atoms with van der Waals surface area (Å²) in [6.07, 6.45) is 0. The fraction of sp³-hybridized carbons (Fsp3) is 0.476. The van der Waals surface area contributed by atoms with Crippen LogP contribution in [0.4, 0.5) is 0 Å². The lowest BCUT2D eigenvalue weighted by atomic mass is 10.00. The average Bonchev–Trinajstić information content (AvgIpc) is 3.16. The van der Waals surface area contributed by atoms with Gasteiger partial charge in [-0.25, -0.2) is 9.97 Å². The monoisotopic (exact) mass is 397 g/mol. The van der Waals surface area contributed by atoms with E-state index in [-0.39, 0.29) is 11.6 Å². The Hall–Kier alpha value is -2.09. The molecule has 1 unspecified atom stereocenters. The van der Waals surface area contributed by atoms with Gasteiger partial charge in [-0.15, -0.1) is 11.3 Å². The van der Waals surface area contributed by atoms with Gasteiger partial charge >= 0.3 is 0 Å². The van der Waals surface area contributed by atoms with Crippen LogP contribution >= 0.6 is 11.3 Å². The Morgan fingerprint density at radius 2 is 1.82 bits per heavy atom. The van der Waals surface area contributed by atoms with Crippen molar-refractivity contribution in [1.82, 2.24) is 24.3 Å². The number of benzene rings is 1. The van der Waals surface area contributed by atoms with Gasteiger partial charge in [-0.1, -0.05) is 44.2 Å². The predicted octanol–water partition coefficient (Wildman–Crippen LogP) is 2.85. The van der Waals surface area contributed by atoms with Gasteiger partial charge in [0.15, 0.2) is 10.3 Å². The number of aromatic nitrogens is 3. The summed E-state index contributed by atoms with van der Waals surface area (Å²) >= 11 is 1.44. The number of rotatable bonds is 5. The fourth-order valence-corrected chi connectivity index (χ4v) is 4.65. The molecule has 1 saturated heterocycles. The minimum Gasteiger partial charge on any atom is -0.304 e. The SMILES string of the molecule is CC(C)C(c1nc2scnc2c(=O)n1Cc1ccccc1)N1CCN(C)CC1. The van der Waals surface area contributed by atoms with Gasteiger partial charge in [0.1, 0.15) is 5.82 Å². The van der Waals surface area contributed by atoms with Gasteiger partial charge in [-0.2, -0.15) is 0 Å². The van der Waals surface area contributed by atoms with E-state index in [1.54, 1.807) is 5.51 Å². The van der Waals surface area contributed by atoms with E-state index in [4.69, 9.17) is 4.98 Å². The van der Waals surface area contributed by atoms with E-state index < -0.39 is 0 Å². The van der Waals surface area contributed by atoms with Crippen molar-refractivity contribution in [3.05, 3.63) is 57.6 Å². The summed E-state index contributed by atoms with van der Waals surface area (Å²) in [6, 6.07) is 10.2. The first-order valence-electron chi connectivity index (χ1n) is 9.85. The Bertz CT molecular complexity index is 989. The molecule has 0 bridgehead atoms. The third kappa shape index (κ3) is 3.74. The van der Waals surface area contributed by atoms with Gasteiger partial charge in [0, 0.05) is 26.2 Å². The van der Waals surface area contributed by atoms with Crippen LogP contribution in [-0.2, 0) is 6.54 Å². The fourth-order valence-electron chi connectivity index (χ4n) is 3.99. The Labute approximate surface area is 169 Å². The Morgan fingerprint density at radius 1 is 1.11 bits per heavy atom. The Kier molecular flexibility index (Phi) is 5.57. The second-order valence-electron chi connectivity index (χ2n) is 7.88. The first-order chi connectivity index (χ1) is 13.5. The van der Waals surface area contributed by atoms with Crippen molar-refractivity contribution in [1.29, 1.82) is 0 Å². The van der Waals surface area contributed by atoms with Gasteiger partial charge in [0.2, 0.25) is 0 Å². The number of hydrogen-bond acceptors (Lipinski definition) is 6. The van der Waals surface area contributed by atoms with E-state index in [0.29, 0.717) is 18.0 Å². The number of fused-ring (bicyclic) bond motifs is 1. The van der Waals surface area contributed by atoms with Crippen LogP contribution in [0.15, 0.2) is 40.6 Å². The van der Waals surface area contributed by atoms with Crippen molar-refractivity contribution in [2.75, 3.05) is 33.2 Å². The molecule has 0 saturated carbocycles. The molecule has 1 aliphatic rings. The quantitative estimate of drug-likeness (QED) is 0.663. The van der Waals surface area contributed by atoms with E-state index in [1.807, 2.05) is 22.8 Å². The molecule has 4 rings (SSSR count). The van der Waals surface area contributed by atoms with Crippen molar-refractivity contribution < 1.29 is 0 Å². The number of nitrogens with zero attached hydrogens (tertiary/aromatic N) is 5. The highest BCUT2D eigenvalue weighted by Gasteiger charge is 2.31. The van der Waals surface area contributed by atoms with Crippen molar-refractivity contribution >= 4 is 21.7 Å². The summed E-state index contributed by atoms with van der Waals surface area (Å²) in [5.74, 6) is 1.22. The maximum atomic E-state index is 13.3. The van der Waals surface area contributed by atoms with Gasteiger partial charge in [0.25, 0.3) is 5.56 Å². The van der Waals surface area contributed by atoms with Crippen LogP contribution in [0.25, 0.3) is 10.3 Å². The molecule has 148 valence electrons. The van der Waals surface area contributed by atoms with Crippen molar-refractivity contribution in [2.24, 2.45) is 5.92 Å². The maximum Gasteiger partial charge on any atom is 0.281 e. The molecule has 1 aliphatic heterocycles. The minimum absolute atomic E-state index is 0.0371. The highest BCUT2D eigenvalue weighted by molar-refractivity contribution is 7.16. The molecule has 0 amide bonds. The summed E-state index contributed by atoms with van der Waals surface area (Å²) in [5.41, 5.74) is 3.26. The zero-order chi connectivity index (χ0) is 19.7. The third-order valence-electron chi connectivity index (χ3n) is 5.50. The minimum atomic E-state index is -0.0371. The van der Waals surface area contributed by atoms with Crippen LogP contribution in [-0.4, -0.2) is 57.6 Å². The standard InChI is InChI=1S/C21H27N5OS/c1-15(2)18(25-11-9-24(3)10-12-25)19-23-20-17(22-14-28-20)21(27)26(19)13-16-7-5-4-6-8-16/h4-8,14-15,18H,9-13H2,1-3H3. The zero-order valence-corrected chi connectivity index (χ0v) is 17.5. The van der Waals surface area contributed by atoms with E-state index in [0.717, 1.165) is 42.4 Å². The molecule has 0 spiro atoms. The second-order valence-corrected chi connectivity index (χ2v) is 8.71. The summed E-state index contributed by atoms with van der Waals surface area (Å²) in [6.45, 7) is 9.01. The second kappa shape index (κ2) is 8.11. The molecule has 28 heavy (non-hydrogen) atoms. The van der Waals surface area contributed by atoms with Gasteiger partial charge < -0.3 is 4.90 Å². The van der Waals surface area contributed by atoms with Crippen LogP contribution in [0, 0.1) is 5.92 Å². The molecular weight excluding hydrogens is 370 g/mol. The van der Waals surface area contributed by atoms with Crippen molar-refractivity contribution in [2.45, 2.75) is 26.4 Å². The molecule has 6 nitrogen and oxygen atoms in total. The van der Waals surface area contributed by atoms with Crippen LogP contribution in [0.3, 0.4) is 0 Å². The van der Waals surface area contributed by atoms with E-state index in [9.17, 15) is 4.79 Å². The molecule has 3 heterocycles. The van der Waals surface area contributed by atoms with Gasteiger partial charge in [0.05, 0.1) is 18.1 Å². The highest BCUT2D eigenvalue weighted by Crippen LogP contribution is 2.29. The molecule has 7 heteroatoms. The Morgan fingerprint density at radius 3 is 2.50 bits per heavy atom. The zero-order valence-electron chi connectivity index (χ0n) is 16.7. The molecule has 0 radical (unpaired) electrons. The van der Waals surface area contributed by atoms with Crippen molar-refractivity contribution in [3.63, 3.8) is 0 Å². The van der Waals surface area contributed by atoms with Crippen LogP contribution in [0.2, 0.25) is 0 Å². The number of likely N-dealkylation sites (N-methyl/N-ethyl adjacent to an activating group) is 1. The average molecular weight is 398 g/mol. The normalized spacial score (nSPS) is 17.4. The molecular formula is C21H27N5OS. The Balaban J connectivity index is 1.83. The molecule has 1 fully saturated rings. The molecule has 0 N–H and O–H groups in total. The van der Waals surface area contributed by atoms with Gasteiger partial charge in [-0.3, -0.25) is 14.3 Å². The molecule has 0 aliphatic carbocycles. The predicted molar refractivity (Wildman–Crippen MR) is 114 cm³/mol. The molecule has 1 atom stereocenters. The van der Waals surface area contributed by atoms with Crippen LogP contribution < -0.4 is 5.56 Å². The summed E-state index contributed by atoms with van der Waals surface area (Å²) in [4.78, 5) is 28.2. The first kappa shape index (κ1) is 19.2. The molecule has 3 aromatic rings. The number of piperazine rings is 1.